The van der Waals surface area contributed by atoms with E-state index in [4.69, 9.17) is 16.3 Å². The molecule has 0 aliphatic rings. The molecule has 4 nitrogen and oxygen atoms in total. The van der Waals surface area contributed by atoms with Crippen LogP contribution in [-0.4, -0.2) is 18.5 Å². The van der Waals surface area contributed by atoms with Crippen LogP contribution in [0, 0.1) is 13.8 Å². The molecule has 0 bridgehead atoms. The molecule has 0 unspecified atom stereocenters. The first-order chi connectivity index (χ1) is 11.5. The fourth-order valence-corrected chi connectivity index (χ4v) is 2.23. The Morgan fingerprint density at radius 3 is 2.67 bits per heavy atom. The lowest BCUT2D eigenvalue weighted by Crippen LogP contribution is -2.20. The molecule has 2 rings (SSSR count). The summed E-state index contributed by atoms with van der Waals surface area (Å²) in [5.41, 5.74) is 3.35. The predicted octanol–water partition coefficient (Wildman–Crippen LogP) is 4.15. The van der Waals surface area contributed by atoms with Gasteiger partial charge in [0.15, 0.2) is 6.61 Å². The van der Waals surface area contributed by atoms with E-state index in [9.17, 15) is 9.59 Å². The van der Waals surface area contributed by atoms with Gasteiger partial charge in [0.05, 0.1) is 0 Å². The average molecular weight is 344 g/mol. The van der Waals surface area contributed by atoms with Gasteiger partial charge in [-0.1, -0.05) is 47.5 Å². The number of rotatable bonds is 5. The Labute approximate surface area is 146 Å². The van der Waals surface area contributed by atoms with Crippen LogP contribution in [0.2, 0.25) is 5.02 Å². The maximum atomic E-state index is 11.8. The number of nitrogens with one attached hydrogen (secondary N) is 1. The van der Waals surface area contributed by atoms with E-state index in [2.05, 4.69) is 5.32 Å². The maximum absolute atomic E-state index is 11.8. The van der Waals surface area contributed by atoms with Gasteiger partial charge in [-0.3, -0.25) is 4.79 Å². The second-order valence-electron chi connectivity index (χ2n) is 5.32. The lowest BCUT2D eigenvalue weighted by atomic mass is 10.1. The lowest BCUT2D eigenvalue weighted by Gasteiger charge is -2.09. The van der Waals surface area contributed by atoms with Crippen LogP contribution in [0.15, 0.2) is 48.5 Å². The van der Waals surface area contributed by atoms with E-state index in [1.807, 2.05) is 31.2 Å². The summed E-state index contributed by atoms with van der Waals surface area (Å²) < 4.78 is 4.93. The van der Waals surface area contributed by atoms with Crippen molar-refractivity contribution in [1.82, 2.24) is 0 Å². The van der Waals surface area contributed by atoms with E-state index in [-0.39, 0.29) is 6.61 Å². The van der Waals surface area contributed by atoms with E-state index >= 15 is 0 Å². The molecule has 2 aromatic carbocycles. The Bertz CT molecular complexity index is 784. The number of hydrogen-bond acceptors (Lipinski definition) is 3. The highest BCUT2D eigenvalue weighted by Crippen LogP contribution is 2.22. The third-order valence-corrected chi connectivity index (χ3v) is 3.75. The van der Waals surface area contributed by atoms with Gasteiger partial charge in [-0.15, -0.1) is 0 Å². The molecule has 1 amide bonds. The molecule has 24 heavy (non-hydrogen) atoms. The number of carbonyl (C=O) groups is 2. The zero-order chi connectivity index (χ0) is 17.5. The molecule has 5 heteroatoms. The molecule has 0 atom stereocenters. The van der Waals surface area contributed by atoms with Gasteiger partial charge in [-0.25, -0.2) is 4.79 Å². The summed E-state index contributed by atoms with van der Waals surface area (Å²) in [6, 6.07) is 12.9. The summed E-state index contributed by atoms with van der Waals surface area (Å²) >= 11 is 5.99. The third kappa shape index (κ3) is 5.25. The summed E-state index contributed by atoms with van der Waals surface area (Å²) in [5, 5.41) is 3.22. The van der Waals surface area contributed by atoms with Crippen molar-refractivity contribution >= 4 is 35.2 Å². The van der Waals surface area contributed by atoms with Crippen molar-refractivity contribution < 1.29 is 14.3 Å². The largest absolute Gasteiger partial charge is 0.452 e. The van der Waals surface area contributed by atoms with E-state index in [1.54, 1.807) is 31.2 Å². The van der Waals surface area contributed by atoms with Crippen molar-refractivity contribution in [1.29, 1.82) is 0 Å². The van der Waals surface area contributed by atoms with Gasteiger partial charge >= 0.3 is 5.97 Å². The van der Waals surface area contributed by atoms with Gasteiger partial charge in [0.25, 0.3) is 5.91 Å². The molecule has 2 aromatic rings. The lowest BCUT2D eigenvalue weighted by molar-refractivity contribution is -0.142. The molecule has 0 heterocycles. The molecule has 0 saturated carbocycles. The third-order valence-electron chi connectivity index (χ3n) is 3.34. The standard InChI is InChI=1S/C19H18ClNO3/c1-13-5-3-6-15(11-13)9-10-19(23)24-12-18(22)21-17-8-4-7-16(20)14(17)2/h3-11H,12H2,1-2H3,(H,21,22)/b10-9+. The fraction of sp³-hybridized carbons (Fsp3) is 0.158. The number of hydrogen-bond donors (Lipinski definition) is 1. The maximum Gasteiger partial charge on any atom is 0.331 e. The number of anilines is 1. The van der Waals surface area contributed by atoms with E-state index in [0.717, 1.165) is 16.7 Å². The number of amides is 1. The van der Waals surface area contributed by atoms with E-state index in [0.29, 0.717) is 10.7 Å². The van der Waals surface area contributed by atoms with Crippen molar-refractivity contribution in [3.63, 3.8) is 0 Å². The topological polar surface area (TPSA) is 55.4 Å². The highest BCUT2D eigenvalue weighted by molar-refractivity contribution is 6.31. The minimum absolute atomic E-state index is 0.358. The minimum atomic E-state index is -0.575. The SMILES string of the molecule is Cc1cccc(/C=C/C(=O)OCC(=O)Nc2cccc(Cl)c2C)c1. The molecule has 0 radical (unpaired) electrons. The monoisotopic (exact) mass is 343 g/mol. The Kier molecular flexibility index (Phi) is 6.15. The smallest absolute Gasteiger partial charge is 0.331 e. The van der Waals surface area contributed by atoms with E-state index < -0.39 is 11.9 Å². The van der Waals surface area contributed by atoms with Crippen molar-refractivity contribution in [2.75, 3.05) is 11.9 Å². The van der Waals surface area contributed by atoms with Gasteiger partial charge in [0.2, 0.25) is 0 Å². The van der Waals surface area contributed by atoms with Crippen LogP contribution < -0.4 is 5.32 Å². The van der Waals surface area contributed by atoms with Gasteiger partial charge in [-0.05, 0) is 43.2 Å². The first kappa shape index (κ1) is 17.8. The molecule has 0 aromatic heterocycles. The first-order valence-electron chi connectivity index (χ1n) is 7.42. The van der Waals surface area contributed by atoms with Crippen molar-refractivity contribution in [3.8, 4) is 0 Å². The second kappa shape index (κ2) is 8.31. The molecule has 0 spiro atoms. The van der Waals surface area contributed by atoms with Crippen LogP contribution in [0.25, 0.3) is 6.08 Å². The Balaban J connectivity index is 1.85. The Morgan fingerprint density at radius 1 is 1.17 bits per heavy atom. The van der Waals surface area contributed by atoms with Crippen LogP contribution in [-0.2, 0) is 14.3 Å². The highest BCUT2D eigenvalue weighted by Gasteiger charge is 2.08. The van der Waals surface area contributed by atoms with Crippen molar-refractivity contribution in [2.24, 2.45) is 0 Å². The van der Waals surface area contributed by atoms with Crippen LogP contribution in [0.3, 0.4) is 0 Å². The number of carbonyl (C=O) groups excluding carboxylic acids is 2. The van der Waals surface area contributed by atoms with Gasteiger partial charge in [0, 0.05) is 16.8 Å². The number of halogens is 1. The van der Waals surface area contributed by atoms with Gasteiger partial charge < -0.3 is 10.1 Å². The zero-order valence-electron chi connectivity index (χ0n) is 13.5. The van der Waals surface area contributed by atoms with Crippen molar-refractivity contribution in [2.45, 2.75) is 13.8 Å². The summed E-state index contributed by atoms with van der Waals surface area (Å²) in [7, 11) is 0. The molecule has 0 aliphatic carbocycles. The number of benzene rings is 2. The summed E-state index contributed by atoms with van der Waals surface area (Å²) in [4.78, 5) is 23.5. The second-order valence-corrected chi connectivity index (χ2v) is 5.72. The molecule has 0 saturated heterocycles. The van der Waals surface area contributed by atoms with E-state index in [1.165, 1.54) is 6.08 Å². The summed E-state index contributed by atoms with van der Waals surface area (Å²) in [5.74, 6) is -0.993. The van der Waals surface area contributed by atoms with Crippen LogP contribution in [0.5, 0.6) is 0 Å². The van der Waals surface area contributed by atoms with Crippen molar-refractivity contribution in [3.05, 3.63) is 70.3 Å². The molecule has 0 aliphatic heterocycles. The Morgan fingerprint density at radius 2 is 1.92 bits per heavy atom. The molecular formula is C19H18ClNO3. The molecule has 1 N–H and O–H groups in total. The molecule has 124 valence electrons. The fourth-order valence-electron chi connectivity index (χ4n) is 2.05. The van der Waals surface area contributed by atoms with Crippen LogP contribution >= 0.6 is 11.6 Å². The molecule has 0 fully saturated rings. The Hall–Kier alpha value is -2.59. The van der Waals surface area contributed by atoms with Gasteiger partial charge in [0.1, 0.15) is 0 Å². The minimum Gasteiger partial charge on any atom is -0.452 e. The number of esters is 1. The first-order valence-corrected chi connectivity index (χ1v) is 7.80. The number of ether oxygens (including phenoxy) is 1. The molecular weight excluding hydrogens is 326 g/mol. The summed E-state index contributed by atoms with van der Waals surface area (Å²) in [6.07, 6.45) is 2.95. The number of aryl methyl sites for hydroxylation is 1. The highest BCUT2D eigenvalue weighted by atomic mass is 35.5. The average Bonchev–Trinajstić information content (AvgIpc) is 2.55. The summed E-state index contributed by atoms with van der Waals surface area (Å²) in [6.45, 7) is 3.41. The van der Waals surface area contributed by atoms with Crippen LogP contribution in [0.1, 0.15) is 16.7 Å². The zero-order valence-corrected chi connectivity index (χ0v) is 14.3. The predicted molar refractivity (Wildman–Crippen MR) is 96.0 cm³/mol. The quantitative estimate of drug-likeness (QED) is 0.655. The van der Waals surface area contributed by atoms with Crippen LogP contribution in [0.4, 0.5) is 5.69 Å². The normalized spacial score (nSPS) is 10.6. The van der Waals surface area contributed by atoms with Gasteiger partial charge in [-0.2, -0.15) is 0 Å².